The lowest BCUT2D eigenvalue weighted by atomic mass is 10.1. The minimum Gasteiger partial charge on any atom is -0.459 e. The predicted octanol–water partition coefficient (Wildman–Crippen LogP) is 4.44. The van der Waals surface area contributed by atoms with Gasteiger partial charge in [0.1, 0.15) is 5.15 Å². The zero-order valence-electron chi connectivity index (χ0n) is 14.1. The SMILES string of the molecule is Cc1cc(Cl)c(CC(=O)Nc2ccc(C(=O)OC(C)C)cc2)c(Cl)n1. The summed E-state index contributed by atoms with van der Waals surface area (Å²) in [6.45, 7) is 5.33. The molecule has 0 saturated heterocycles. The van der Waals surface area contributed by atoms with Gasteiger partial charge in [0.2, 0.25) is 5.91 Å². The number of halogens is 2. The van der Waals surface area contributed by atoms with E-state index in [1.807, 2.05) is 0 Å². The third kappa shape index (κ3) is 5.44. The minimum atomic E-state index is -0.405. The van der Waals surface area contributed by atoms with Gasteiger partial charge in [0, 0.05) is 22.0 Å². The number of carbonyl (C=O) groups is 2. The number of hydrogen-bond donors (Lipinski definition) is 1. The van der Waals surface area contributed by atoms with Crippen LogP contribution >= 0.6 is 23.2 Å². The van der Waals surface area contributed by atoms with Gasteiger partial charge in [0.05, 0.1) is 18.1 Å². The molecule has 0 radical (unpaired) electrons. The van der Waals surface area contributed by atoms with Crippen LogP contribution in [0.15, 0.2) is 30.3 Å². The largest absolute Gasteiger partial charge is 0.459 e. The molecule has 132 valence electrons. The smallest absolute Gasteiger partial charge is 0.338 e. The maximum Gasteiger partial charge on any atom is 0.338 e. The van der Waals surface area contributed by atoms with Crippen LogP contribution in [0, 0.1) is 6.92 Å². The van der Waals surface area contributed by atoms with Gasteiger partial charge < -0.3 is 10.1 Å². The van der Waals surface area contributed by atoms with Crippen LogP contribution in [0.25, 0.3) is 0 Å². The second-order valence-electron chi connectivity index (χ2n) is 5.77. The fourth-order valence-corrected chi connectivity index (χ4v) is 2.78. The number of benzene rings is 1. The second-order valence-corrected chi connectivity index (χ2v) is 6.54. The molecule has 1 aromatic carbocycles. The Morgan fingerprint density at radius 2 is 1.84 bits per heavy atom. The number of rotatable bonds is 5. The molecular formula is C18H18Cl2N2O3. The number of carbonyl (C=O) groups excluding carboxylic acids is 2. The molecule has 0 fully saturated rings. The summed E-state index contributed by atoms with van der Waals surface area (Å²) in [5, 5.41) is 3.35. The lowest BCUT2D eigenvalue weighted by Gasteiger charge is -2.10. The molecule has 0 aliphatic rings. The maximum atomic E-state index is 12.2. The summed E-state index contributed by atoms with van der Waals surface area (Å²) in [5.74, 6) is -0.691. The Kier molecular flexibility index (Phi) is 6.39. The molecule has 0 saturated carbocycles. The Hall–Kier alpha value is -2.11. The van der Waals surface area contributed by atoms with Gasteiger partial charge >= 0.3 is 5.97 Å². The number of anilines is 1. The number of nitrogens with one attached hydrogen (secondary N) is 1. The van der Waals surface area contributed by atoms with Crippen LogP contribution in [0.3, 0.4) is 0 Å². The monoisotopic (exact) mass is 380 g/mol. The highest BCUT2D eigenvalue weighted by Gasteiger charge is 2.14. The standard InChI is InChI=1S/C18H18Cl2N2O3/c1-10(2)25-18(24)12-4-6-13(7-5-12)22-16(23)9-14-15(19)8-11(3)21-17(14)20/h4-8,10H,9H2,1-3H3,(H,22,23). The van der Waals surface area contributed by atoms with E-state index in [2.05, 4.69) is 10.3 Å². The number of aromatic nitrogens is 1. The van der Waals surface area contributed by atoms with Crippen molar-refractivity contribution in [2.45, 2.75) is 33.3 Å². The Morgan fingerprint density at radius 3 is 2.40 bits per heavy atom. The number of aryl methyl sites for hydroxylation is 1. The fraction of sp³-hybridized carbons (Fsp3) is 0.278. The number of esters is 1. The Morgan fingerprint density at radius 1 is 1.20 bits per heavy atom. The van der Waals surface area contributed by atoms with E-state index < -0.39 is 5.97 Å². The maximum absolute atomic E-state index is 12.2. The molecule has 5 nitrogen and oxygen atoms in total. The van der Waals surface area contributed by atoms with Crippen molar-refractivity contribution >= 4 is 40.8 Å². The molecule has 2 aromatic rings. The highest BCUT2D eigenvalue weighted by atomic mass is 35.5. The van der Waals surface area contributed by atoms with Crippen LogP contribution in [0.2, 0.25) is 10.2 Å². The Bertz CT molecular complexity index is 766. The summed E-state index contributed by atoms with van der Waals surface area (Å²) < 4.78 is 5.11. The highest BCUT2D eigenvalue weighted by molar-refractivity contribution is 6.35. The lowest BCUT2D eigenvalue weighted by molar-refractivity contribution is -0.115. The molecule has 0 spiro atoms. The molecule has 1 N–H and O–H groups in total. The van der Waals surface area contributed by atoms with Crippen LogP contribution < -0.4 is 5.32 Å². The summed E-state index contributed by atoms with van der Waals surface area (Å²) >= 11 is 12.2. The third-order valence-electron chi connectivity index (χ3n) is 3.23. The molecule has 0 aliphatic heterocycles. The molecule has 0 atom stereocenters. The van der Waals surface area contributed by atoms with Gasteiger partial charge in [-0.25, -0.2) is 9.78 Å². The first-order valence-corrected chi connectivity index (χ1v) is 8.44. The molecule has 0 aliphatic carbocycles. The van der Waals surface area contributed by atoms with E-state index in [9.17, 15) is 9.59 Å². The van der Waals surface area contributed by atoms with Gasteiger partial charge in [-0.2, -0.15) is 0 Å². The summed E-state index contributed by atoms with van der Waals surface area (Å²) in [4.78, 5) is 28.1. The first kappa shape index (κ1) is 19.2. The zero-order valence-corrected chi connectivity index (χ0v) is 15.6. The molecule has 0 unspecified atom stereocenters. The normalized spacial score (nSPS) is 10.6. The summed E-state index contributed by atoms with van der Waals surface area (Å²) in [5.41, 5.74) is 2.13. The molecule has 1 aromatic heterocycles. The Labute approximate surface area is 156 Å². The first-order valence-electron chi connectivity index (χ1n) is 7.68. The van der Waals surface area contributed by atoms with E-state index in [4.69, 9.17) is 27.9 Å². The average molecular weight is 381 g/mol. The van der Waals surface area contributed by atoms with Crippen molar-refractivity contribution in [3.63, 3.8) is 0 Å². The number of hydrogen-bond acceptors (Lipinski definition) is 4. The van der Waals surface area contributed by atoms with E-state index in [-0.39, 0.29) is 23.6 Å². The van der Waals surface area contributed by atoms with Crippen molar-refractivity contribution in [1.29, 1.82) is 0 Å². The second kappa shape index (κ2) is 8.32. The number of pyridine rings is 1. The van der Waals surface area contributed by atoms with Crippen LogP contribution in [0.1, 0.15) is 35.5 Å². The zero-order chi connectivity index (χ0) is 18.6. The quantitative estimate of drug-likeness (QED) is 0.614. The average Bonchev–Trinajstić information content (AvgIpc) is 2.51. The van der Waals surface area contributed by atoms with Crippen molar-refractivity contribution < 1.29 is 14.3 Å². The van der Waals surface area contributed by atoms with Crippen molar-refractivity contribution in [1.82, 2.24) is 4.98 Å². The molecule has 2 rings (SSSR count). The summed E-state index contributed by atoms with van der Waals surface area (Å²) in [6.07, 6.45) is -0.188. The predicted molar refractivity (Wildman–Crippen MR) is 98.3 cm³/mol. The molecular weight excluding hydrogens is 363 g/mol. The molecule has 0 bridgehead atoms. The van der Waals surface area contributed by atoms with Crippen molar-refractivity contribution in [2.24, 2.45) is 0 Å². The van der Waals surface area contributed by atoms with Crippen molar-refractivity contribution in [3.8, 4) is 0 Å². The van der Waals surface area contributed by atoms with Crippen molar-refractivity contribution in [2.75, 3.05) is 5.32 Å². The highest BCUT2D eigenvalue weighted by Crippen LogP contribution is 2.24. The molecule has 1 heterocycles. The van der Waals surface area contributed by atoms with E-state index in [0.717, 1.165) is 0 Å². The van der Waals surface area contributed by atoms with E-state index >= 15 is 0 Å². The fourth-order valence-electron chi connectivity index (χ4n) is 2.12. The van der Waals surface area contributed by atoms with Crippen LogP contribution in [-0.2, 0) is 16.0 Å². The van der Waals surface area contributed by atoms with E-state index in [0.29, 0.717) is 27.5 Å². The van der Waals surface area contributed by atoms with Gasteiger partial charge in [0.15, 0.2) is 0 Å². The van der Waals surface area contributed by atoms with Gasteiger partial charge in [-0.3, -0.25) is 4.79 Å². The molecule has 25 heavy (non-hydrogen) atoms. The van der Waals surface area contributed by atoms with Gasteiger partial charge in [-0.05, 0) is 51.1 Å². The van der Waals surface area contributed by atoms with Crippen LogP contribution in [0.5, 0.6) is 0 Å². The summed E-state index contributed by atoms with van der Waals surface area (Å²) in [6, 6.07) is 8.10. The minimum absolute atomic E-state index is 0.00207. The first-order chi connectivity index (χ1) is 11.8. The van der Waals surface area contributed by atoms with E-state index in [1.165, 1.54) is 0 Å². The number of amides is 1. The Balaban J connectivity index is 2.03. The lowest BCUT2D eigenvalue weighted by Crippen LogP contribution is -2.16. The van der Waals surface area contributed by atoms with Crippen LogP contribution in [0.4, 0.5) is 5.69 Å². The van der Waals surface area contributed by atoms with Gasteiger partial charge in [-0.15, -0.1) is 0 Å². The van der Waals surface area contributed by atoms with Crippen molar-refractivity contribution in [3.05, 3.63) is 57.3 Å². The van der Waals surface area contributed by atoms with Crippen LogP contribution in [-0.4, -0.2) is 23.0 Å². The number of nitrogens with zero attached hydrogens (tertiary/aromatic N) is 1. The summed E-state index contributed by atoms with van der Waals surface area (Å²) in [7, 11) is 0. The molecule has 1 amide bonds. The van der Waals surface area contributed by atoms with Gasteiger partial charge in [0.25, 0.3) is 0 Å². The topological polar surface area (TPSA) is 68.3 Å². The molecule has 7 heteroatoms. The van der Waals surface area contributed by atoms with E-state index in [1.54, 1.807) is 51.1 Å². The third-order valence-corrected chi connectivity index (χ3v) is 3.88. The number of ether oxygens (including phenoxy) is 1. The van der Waals surface area contributed by atoms with Gasteiger partial charge in [-0.1, -0.05) is 23.2 Å².